The van der Waals surface area contributed by atoms with Gasteiger partial charge in [-0.05, 0) is 50.6 Å². The van der Waals surface area contributed by atoms with Crippen molar-refractivity contribution in [2.24, 2.45) is 0 Å². The number of hydrogen-bond acceptors (Lipinski definition) is 1. The van der Waals surface area contributed by atoms with Gasteiger partial charge in [0.25, 0.3) is 2.62 Å². The van der Waals surface area contributed by atoms with Gasteiger partial charge in [-0.15, -0.1) is 0 Å². The van der Waals surface area contributed by atoms with Gasteiger partial charge in [0.15, 0.2) is 5.69 Å². The third kappa shape index (κ3) is 5.60. The Hall–Kier alpha value is -0.0401. The summed E-state index contributed by atoms with van der Waals surface area (Å²) in [6.45, 7) is 19.2. The van der Waals surface area contributed by atoms with Gasteiger partial charge in [-0.3, -0.25) is 4.49 Å². The normalized spacial score (nSPS) is 15.2. The van der Waals surface area contributed by atoms with Gasteiger partial charge in [0, 0.05) is 22.4 Å². The molecule has 1 aliphatic rings. The maximum absolute atomic E-state index is 4.19. The SMILES string of the molecule is CC(C)c1cccc(C(C)C)c1N1CC([B-](Br)(Br)Br)=[N+](c2c(C(C)C)cccc2C(C)C)B1Br. The molecular weight excluding hydrogens is 682 g/mol. The molecule has 0 atom stereocenters. The zero-order valence-corrected chi connectivity index (χ0v) is 27.9. The van der Waals surface area contributed by atoms with E-state index in [9.17, 15) is 0 Å². The molecule has 0 saturated heterocycles. The Bertz CT molecular complexity index is 1020. The summed E-state index contributed by atoms with van der Waals surface area (Å²) in [4.78, 5) is 2.54. The maximum atomic E-state index is 4.19. The van der Waals surface area contributed by atoms with E-state index in [1.165, 1.54) is 39.2 Å². The van der Waals surface area contributed by atoms with E-state index >= 15 is 0 Å². The fourth-order valence-electron chi connectivity index (χ4n) is 4.93. The van der Waals surface area contributed by atoms with Gasteiger partial charge in [-0.2, -0.15) is 0 Å². The Labute approximate surface area is 240 Å². The molecule has 8 heteroatoms. The third-order valence-corrected chi connectivity index (χ3v) is 9.19. The Morgan fingerprint density at radius 3 is 1.47 bits per heavy atom. The quantitative estimate of drug-likeness (QED) is 0.259. The van der Waals surface area contributed by atoms with E-state index in [-0.39, 0.29) is 5.81 Å². The van der Waals surface area contributed by atoms with Crippen LogP contribution >= 0.6 is 63.0 Å². The van der Waals surface area contributed by atoms with Crippen molar-refractivity contribution >= 4 is 88.4 Å². The molecule has 0 aliphatic carbocycles. The van der Waals surface area contributed by atoms with Gasteiger partial charge in [0.05, 0.1) is 6.54 Å². The monoisotopic (exact) mass is 714 g/mol. The van der Waals surface area contributed by atoms with Crippen molar-refractivity contribution in [3.05, 3.63) is 58.7 Å². The highest BCUT2D eigenvalue weighted by Gasteiger charge is 2.51. The molecule has 1 heterocycles. The van der Waals surface area contributed by atoms with Crippen molar-refractivity contribution in [2.75, 3.05) is 11.4 Å². The second-order valence-corrected chi connectivity index (χ2v) is 19.2. The minimum absolute atomic E-state index is 0.00815. The van der Waals surface area contributed by atoms with Gasteiger partial charge in [0.1, 0.15) is 0 Å². The Kier molecular flexibility index (Phi) is 9.35. The van der Waals surface area contributed by atoms with E-state index in [0.29, 0.717) is 23.7 Å². The lowest BCUT2D eigenvalue weighted by Gasteiger charge is -2.28. The van der Waals surface area contributed by atoms with Crippen molar-refractivity contribution in [3.8, 4) is 0 Å². The van der Waals surface area contributed by atoms with Crippen LogP contribution in [0.3, 0.4) is 0 Å². The Morgan fingerprint density at radius 1 is 0.735 bits per heavy atom. The van der Waals surface area contributed by atoms with E-state index in [1.807, 2.05) is 0 Å². The van der Waals surface area contributed by atoms with Crippen molar-refractivity contribution in [3.63, 3.8) is 0 Å². The molecule has 0 bridgehead atoms. The number of nitrogens with zero attached hydrogens (tertiary/aromatic N) is 2. The summed E-state index contributed by atoms with van der Waals surface area (Å²) in [6, 6.07) is 13.6. The smallest absolute Gasteiger partial charge is 0.334 e. The lowest BCUT2D eigenvalue weighted by molar-refractivity contribution is -0.274. The van der Waals surface area contributed by atoms with Gasteiger partial charge < -0.3 is 52.1 Å². The first-order chi connectivity index (χ1) is 15.8. The van der Waals surface area contributed by atoms with E-state index < -0.39 is 2.62 Å². The summed E-state index contributed by atoms with van der Waals surface area (Å²) in [5, 5.41) is 0. The standard InChI is InChI=1S/C26H36B2Br4N2/c1-16(2)20-11-9-12-21(17(3)4)25(20)33-15-24(28(30,31)32)34(27(33)29)26-22(18(5)6)13-10-14-23(26)19(7)8/h9-14,16-19H,15H2,1-8H3. The summed E-state index contributed by atoms with van der Waals surface area (Å²) >= 11 is 16.1. The fourth-order valence-corrected chi connectivity index (χ4v) is 6.85. The van der Waals surface area contributed by atoms with Crippen LogP contribution in [0.1, 0.15) is 101 Å². The van der Waals surface area contributed by atoms with Gasteiger partial charge in [-0.1, -0.05) is 91.8 Å². The highest BCUT2D eigenvalue weighted by Crippen LogP contribution is 2.44. The highest BCUT2D eigenvalue weighted by atomic mass is 79.9. The average molecular weight is 718 g/mol. The van der Waals surface area contributed by atoms with Gasteiger partial charge in [-0.25, -0.2) is 0 Å². The second-order valence-electron chi connectivity index (χ2n) is 10.6. The number of anilines is 1. The fraction of sp³-hybridized carbons (Fsp3) is 0.500. The number of halogens is 4. The first-order valence-electron chi connectivity index (χ1n) is 12.3. The molecule has 0 fully saturated rings. The van der Waals surface area contributed by atoms with Crippen LogP contribution < -0.4 is 4.81 Å². The number of rotatable bonds is 7. The number of benzene rings is 2. The van der Waals surface area contributed by atoms with Crippen molar-refractivity contribution in [1.29, 1.82) is 0 Å². The van der Waals surface area contributed by atoms with Crippen LogP contribution in [-0.2, 0) is 0 Å². The average Bonchev–Trinajstić information content (AvgIpc) is 3.09. The lowest BCUT2D eigenvalue weighted by Crippen LogP contribution is -2.37. The molecule has 0 radical (unpaired) electrons. The molecule has 3 rings (SSSR count). The van der Waals surface area contributed by atoms with E-state index in [1.54, 1.807) is 0 Å². The minimum Gasteiger partial charge on any atom is -0.334 e. The predicted molar refractivity (Wildman–Crippen MR) is 169 cm³/mol. The largest absolute Gasteiger partial charge is 0.692 e. The van der Waals surface area contributed by atoms with Crippen LogP contribution in [0.15, 0.2) is 36.4 Å². The molecule has 1 aliphatic heterocycles. The molecule has 0 spiro atoms. The summed E-state index contributed by atoms with van der Waals surface area (Å²) in [6.07, 6.45) is 0. The first kappa shape index (κ1) is 28.5. The van der Waals surface area contributed by atoms with Gasteiger partial charge in [0.2, 0.25) is 0 Å². The van der Waals surface area contributed by atoms with E-state index in [2.05, 4.69) is 164 Å². The molecule has 0 amide bonds. The predicted octanol–water partition coefficient (Wildman–Crippen LogP) is 9.83. The molecule has 34 heavy (non-hydrogen) atoms. The maximum Gasteiger partial charge on any atom is 0.692 e. The van der Waals surface area contributed by atoms with Crippen LogP contribution in [0, 0.1) is 0 Å². The number of hydrogen-bond donors (Lipinski definition) is 0. The van der Waals surface area contributed by atoms with Gasteiger partial charge >= 0.3 is 5.81 Å². The van der Waals surface area contributed by atoms with E-state index in [0.717, 1.165) is 6.54 Å². The summed E-state index contributed by atoms with van der Waals surface area (Å²) in [5.41, 5.74) is 9.52. The second kappa shape index (κ2) is 11.1. The minimum atomic E-state index is -1.27. The van der Waals surface area contributed by atoms with Crippen molar-refractivity contribution < 1.29 is 4.49 Å². The molecule has 2 nitrogen and oxygen atoms in total. The molecule has 0 saturated carbocycles. The van der Waals surface area contributed by atoms with Crippen LogP contribution in [-0.4, -0.2) is 25.1 Å². The third-order valence-electron chi connectivity index (χ3n) is 6.70. The molecule has 184 valence electrons. The molecule has 2 aromatic rings. The van der Waals surface area contributed by atoms with E-state index in [4.69, 9.17) is 0 Å². The first-order valence-corrected chi connectivity index (χ1v) is 15.9. The molecule has 0 unspecified atom stereocenters. The molecular formula is C26H36B2Br4N2. The van der Waals surface area contributed by atoms with Crippen LogP contribution in [0.4, 0.5) is 11.4 Å². The molecule has 2 aromatic carbocycles. The zero-order chi connectivity index (χ0) is 25.5. The van der Waals surface area contributed by atoms with Crippen LogP contribution in [0.2, 0.25) is 0 Å². The van der Waals surface area contributed by atoms with Crippen LogP contribution in [0.5, 0.6) is 0 Å². The van der Waals surface area contributed by atoms with Crippen molar-refractivity contribution in [1.82, 2.24) is 0 Å². The number of para-hydroxylation sites is 2. The lowest BCUT2D eigenvalue weighted by atomic mass is 9.88. The molecule has 0 N–H and O–H groups in total. The highest BCUT2D eigenvalue weighted by molar-refractivity contribution is 9.73. The molecule has 0 aromatic heterocycles. The van der Waals surface area contributed by atoms with Crippen molar-refractivity contribution in [2.45, 2.75) is 79.1 Å². The zero-order valence-electron chi connectivity index (χ0n) is 21.5. The summed E-state index contributed by atoms with van der Waals surface area (Å²) < 4.78 is 1.25. The Morgan fingerprint density at radius 2 is 1.12 bits per heavy atom. The Balaban J connectivity index is 2.33. The van der Waals surface area contributed by atoms with Crippen LogP contribution in [0.25, 0.3) is 0 Å². The summed E-state index contributed by atoms with van der Waals surface area (Å²) in [5.74, 6) is 1.70. The summed E-state index contributed by atoms with van der Waals surface area (Å²) in [7, 11) is 0. The topological polar surface area (TPSA) is 6.25 Å².